The van der Waals surface area contributed by atoms with Crippen molar-refractivity contribution in [1.82, 2.24) is 5.32 Å². The van der Waals surface area contributed by atoms with E-state index in [0.717, 1.165) is 38.5 Å². The quantitative estimate of drug-likeness (QED) is 0.494. The second-order valence-corrected chi connectivity index (χ2v) is 8.00. The number of aliphatic hydroxyl groups is 1. The van der Waals surface area contributed by atoms with Crippen LogP contribution < -0.4 is 10.1 Å². The summed E-state index contributed by atoms with van der Waals surface area (Å²) in [5.74, 6) is 0.662. The zero-order chi connectivity index (χ0) is 21.0. The fraction of sp³-hybridized carbons (Fsp3) is 0.545. The number of amides is 1. The van der Waals surface area contributed by atoms with Crippen LogP contribution in [0.3, 0.4) is 0 Å². The number of hydrogen-bond acceptors (Lipinski definition) is 4. The van der Waals surface area contributed by atoms with Crippen molar-refractivity contribution >= 4 is 24.4 Å². The topological polar surface area (TPSA) is 70.9 Å². The molecule has 0 aliphatic heterocycles. The van der Waals surface area contributed by atoms with E-state index in [1.165, 1.54) is 12.1 Å². The molecule has 1 unspecified atom stereocenters. The maximum atomic E-state index is 12.6. The molecule has 1 aromatic rings. The average molecular weight is 406 g/mol. The van der Waals surface area contributed by atoms with Gasteiger partial charge in [0.1, 0.15) is 5.75 Å². The Morgan fingerprint density at radius 1 is 1.24 bits per heavy atom. The van der Waals surface area contributed by atoms with Crippen LogP contribution in [0.15, 0.2) is 28.8 Å². The molecular weight excluding hydrogens is 378 g/mol. The first-order chi connectivity index (χ1) is 13.9. The van der Waals surface area contributed by atoms with E-state index in [4.69, 9.17) is 0 Å². The Morgan fingerprint density at radius 2 is 1.86 bits per heavy atom. The van der Waals surface area contributed by atoms with Crippen molar-refractivity contribution in [3.63, 3.8) is 0 Å². The summed E-state index contributed by atoms with van der Waals surface area (Å²) in [4.78, 5) is 16.4. The molecule has 158 valence electrons. The monoisotopic (exact) mass is 406 g/mol. The first-order valence-corrected chi connectivity index (χ1v) is 10.1. The Labute approximate surface area is 169 Å². The highest BCUT2D eigenvalue weighted by atomic mass is 19.3. The van der Waals surface area contributed by atoms with Crippen molar-refractivity contribution < 1.29 is 23.4 Å². The number of carbonyl (C=O) groups is 1. The van der Waals surface area contributed by atoms with Gasteiger partial charge in [-0.15, -0.1) is 0 Å². The zero-order valence-corrected chi connectivity index (χ0v) is 16.6. The molecular formula is C22H28F2N2O3. The van der Waals surface area contributed by atoms with Crippen molar-refractivity contribution in [2.45, 2.75) is 64.2 Å². The van der Waals surface area contributed by atoms with Crippen molar-refractivity contribution in [3.05, 3.63) is 29.3 Å². The van der Waals surface area contributed by atoms with E-state index in [-0.39, 0.29) is 23.8 Å². The third-order valence-corrected chi connectivity index (χ3v) is 5.82. The van der Waals surface area contributed by atoms with E-state index in [1.54, 1.807) is 19.1 Å². The highest BCUT2D eigenvalue weighted by Gasteiger charge is 2.37. The van der Waals surface area contributed by atoms with Crippen molar-refractivity contribution in [1.29, 1.82) is 0 Å². The predicted molar refractivity (Wildman–Crippen MR) is 109 cm³/mol. The van der Waals surface area contributed by atoms with Gasteiger partial charge in [0, 0.05) is 23.2 Å². The standard InChI is InChI=1S/C22H28F2N2O3/c1-13(11-16-7-10-18(29-22(23)24)12-19(16)25-2)21(28)26-17-8-5-15(6-9-17)20(27)14-3-4-14/h7,10-12,14-15,17,20,22,27H,2-6,8-9H2,1H3,(H,26,28)/b13-11+. The number of alkyl halides is 2. The van der Waals surface area contributed by atoms with Gasteiger partial charge >= 0.3 is 6.61 Å². The highest BCUT2D eigenvalue weighted by molar-refractivity contribution is 5.98. The van der Waals surface area contributed by atoms with Gasteiger partial charge in [-0.2, -0.15) is 8.78 Å². The van der Waals surface area contributed by atoms with Crippen LogP contribution in [0.5, 0.6) is 5.75 Å². The van der Waals surface area contributed by atoms with Crippen LogP contribution in [0.2, 0.25) is 0 Å². The number of rotatable bonds is 8. The van der Waals surface area contributed by atoms with E-state index in [1.807, 2.05) is 0 Å². The molecule has 3 rings (SSSR count). The summed E-state index contributed by atoms with van der Waals surface area (Å²) in [6.45, 7) is 2.24. The fourth-order valence-electron chi connectivity index (χ4n) is 3.98. The number of hydrogen-bond donors (Lipinski definition) is 2. The highest BCUT2D eigenvalue weighted by Crippen LogP contribution is 2.40. The fourth-order valence-corrected chi connectivity index (χ4v) is 3.98. The number of carbonyl (C=O) groups excluding carboxylic acids is 1. The molecule has 0 radical (unpaired) electrons. The molecule has 0 spiro atoms. The molecule has 7 heteroatoms. The van der Waals surface area contributed by atoms with Gasteiger partial charge in [-0.05, 0) is 82.2 Å². The zero-order valence-electron chi connectivity index (χ0n) is 16.6. The second kappa shape index (κ2) is 9.48. The molecule has 2 saturated carbocycles. The number of benzene rings is 1. The minimum Gasteiger partial charge on any atom is -0.435 e. The maximum Gasteiger partial charge on any atom is 0.387 e. The minimum absolute atomic E-state index is 0.00759. The number of nitrogens with one attached hydrogen (secondary N) is 1. The van der Waals surface area contributed by atoms with Gasteiger partial charge in [-0.25, -0.2) is 0 Å². The van der Waals surface area contributed by atoms with E-state index >= 15 is 0 Å². The summed E-state index contributed by atoms with van der Waals surface area (Å²) in [7, 11) is 0. The Balaban J connectivity index is 1.57. The molecule has 2 fully saturated rings. The minimum atomic E-state index is -2.91. The van der Waals surface area contributed by atoms with Gasteiger partial charge in [0.05, 0.1) is 11.8 Å². The second-order valence-electron chi connectivity index (χ2n) is 8.00. The number of halogens is 2. The molecule has 0 bridgehead atoms. The van der Waals surface area contributed by atoms with Crippen LogP contribution in [0.1, 0.15) is 51.0 Å². The van der Waals surface area contributed by atoms with Crippen LogP contribution in [-0.4, -0.2) is 36.5 Å². The lowest BCUT2D eigenvalue weighted by Crippen LogP contribution is -2.40. The molecule has 1 aromatic carbocycles. The number of aliphatic hydroxyl groups excluding tert-OH is 1. The first kappa shape index (κ1) is 21.4. The first-order valence-electron chi connectivity index (χ1n) is 10.1. The van der Waals surface area contributed by atoms with Gasteiger partial charge in [-0.1, -0.05) is 0 Å². The maximum absolute atomic E-state index is 12.6. The Morgan fingerprint density at radius 3 is 2.41 bits per heavy atom. The molecule has 0 saturated heterocycles. The van der Waals surface area contributed by atoms with Crippen LogP contribution >= 0.6 is 0 Å². The van der Waals surface area contributed by atoms with Gasteiger partial charge in [0.2, 0.25) is 5.91 Å². The third kappa shape index (κ3) is 5.85. The predicted octanol–water partition coefficient (Wildman–Crippen LogP) is 4.47. The third-order valence-electron chi connectivity index (χ3n) is 5.82. The molecule has 2 aliphatic carbocycles. The molecule has 29 heavy (non-hydrogen) atoms. The summed E-state index contributed by atoms with van der Waals surface area (Å²) < 4.78 is 29.1. The molecule has 1 atom stereocenters. The van der Waals surface area contributed by atoms with Gasteiger partial charge < -0.3 is 15.2 Å². The molecule has 0 heterocycles. The number of nitrogens with zero attached hydrogens (tertiary/aromatic N) is 1. The lowest BCUT2D eigenvalue weighted by molar-refractivity contribution is -0.118. The Bertz CT molecular complexity index is 769. The summed E-state index contributed by atoms with van der Waals surface area (Å²) in [6.07, 6.45) is 7.35. The van der Waals surface area contributed by atoms with Crippen LogP contribution in [0, 0.1) is 11.8 Å². The van der Waals surface area contributed by atoms with E-state index in [0.29, 0.717) is 28.7 Å². The lowest BCUT2D eigenvalue weighted by Gasteiger charge is -2.32. The van der Waals surface area contributed by atoms with Crippen molar-refractivity contribution in [2.75, 3.05) is 0 Å². The van der Waals surface area contributed by atoms with Crippen molar-refractivity contribution in [3.8, 4) is 5.75 Å². The summed E-state index contributed by atoms with van der Waals surface area (Å²) >= 11 is 0. The molecule has 5 nitrogen and oxygen atoms in total. The van der Waals surface area contributed by atoms with Gasteiger partial charge in [-0.3, -0.25) is 9.79 Å². The molecule has 2 N–H and O–H groups in total. The van der Waals surface area contributed by atoms with Crippen molar-refractivity contribution in [2.24, 2.45) is 16.8 Å². The SMILES string of the molecule is C=Nc1cc(OC(F)F)ccc1/C=C(\C)C(=O)NC1CCC(C(O)C2CC2)CC1. The van der Waals surface area contributed by atoms with Gasteiger partial charge in [0.15, 0.2) is 0 Å². The van der Waals surface area contributed by atoms with Crippen LogP contribution in [0.4, 0.5) is 14.5 Å². The molecule has 0 aromatic heterocycles. The van der Waals surface area contributed by atoms with Crippen LogP contribution in [0.25, 0.3) is 6.08 Å². The summed E-state index contributed by atoms with van der Waals surface area (Å²) in [5.41, 5.74) is 1.47. The normalized spacial score (nSPS) is 23.6. The molecule has 1 amide bonds. The largest absolute Gasteiger partial charge is 0.435 e. The number of ether oxygens (including phenoxy) is 1. The van der Waals surface area contributed by atoms with E-state index in [9.17, 15) is 18.7 Å². The Kier molecular flexibility index (Phi) is 7.00. The number of aliphatic imine (C=N–C) groups is 1. The van der Waals surface area contributed by atoms with Crippen LogP contribution in [-0.2, 0) is 4.79 Å². The summed E-state index contributed by atoms with van der Waals surface area (Å²) in [5, 5.41) is 13.3. The average Bonchev–Trinajstić information content (AvgIpc) is 3.54. The van der Waals surface area contributed by atoms with Gasteiger partial charge in [0.25, 0.3) is 0 Å². The van der Waals surface area contributed by atoms with E-state index < -0.39 is 6.61 Å². The molecule has 2 aliphatic rings. The summed E-state index contributed by atoms with van der Waals surface area (Å²) in [6, 6.07) is 4.45. The van der Waals surface area contributed by atoms with E-state index in [2.05, 4.69) is 21.8 Å². The smallest absolute Gasteiger partial charge is 0.387 e. The lowest BCUT2D eigenvalue weighted by atomic mass is 9.81. The Hall–Kier alpha value is -2.28.